The molecule has 11 heteroatoms. The number of fused-ring (bicyclic) bond motifs is 1. The third-order valence-electron chi connectivity index (χ3n) is 3.54. The van der Waals surface area contributed by atoms with Gasteiger partial charge in [-0.3, -0.25) is 4.79 Å². The smallest absolute Gasteiger partial charge is 0.254 e. The number of sulfonamides is 1. The average molecular weight is 395 g/mol. The molecule has 0 saturated heterocycles. The largest absolute Gasteiger partial charge is 0.309 e. The standard InChI is InChI=1S/C15H15ClN6O3S/c1-10-7-13(22-15(19-10)17-9-18-22)20-14(23)8-21(2)26(24,25)12-5-3-11(16)4-6-12/h3-7,9H,8H2,1-2H3,(H,20,23). The molecule has 3 rings (SSSR count). The molecule has 1 amide bonds. The summed E-state index contributed by atoms with van der Waals surface area (Å²) in [6.45, 7) is 1.38. The van der Waals surface area contributed by atoms with E-state index in [1.54, 1.807) is 13.0 Å². The van der Waals surface area contributed by atoms with E-state index in [0.29, 0.717) is 22.3 Å². The summed E-state index contributed by atoms with van der Waals surface area (Å²) >= 11 is 5.78. The van der Waals surface area contributed by atoms with Gasteiger partial charge < -0.3 is 5.32 Å². The Morgan fingerprint density at radius 1 is 1.31 bits per heavy atom. The minimum Gasteiger partial charge on any atom is -0.309 e. The van der Waals surface area contributed by atoms with Gasteiger partial charge in [0, 0.05) is 23.8 Å². The summed E-state index contributed by atoms with van der Waals surface area (Å²) in [5.74, 6) is 0.169. The lowest BCUT2D eigenvalue weighted by Gasteiger charge is -2.17. The van der Waals surface area contributed by atoms with Crippen molar-refractivity contribution >= 4 is 39.1 Å². The van der Waals surface area contributed by atoms with Crippen LogP contribution in [0.4, 0.5) is 5.82 Å². The molecule has 0 spiro atoms. The summed E-state index contributed by atoms with van der Waals surface area (Å²) in [4.78, 5) is 20.5. The second kappa shape index (κ2) is 6.98. The molecule has 136 valence electrons. The van der Waals surface area contributed by atoms with E-state index in [9.17, 15) is 13.2 Å². The molecule has 0 fully saturated rings. The zero-order valence-corrected chi connectivity index (χ0v) is 15.5. The fraction of sp³-hybridized carbons (Fsp3) is 0.200. The first-order valence-electron chi connectivity index (χ1n) is 7.46. The second-order valence-electron chi connectivity index (χ2n) is 5.52. The number of aryl methyl sites for hydroxylation is 1. The van der Waals surface area contributed by atoms with E-state index in [2.05, 4.69) is 20.4 Å². The van der Waals surface area contributed by atoms with Crippen molar-refractivity contribution in [3.05, 3.63) is 47.4 Å². The van der Waals surface area contributed by atoms with Crippen LogP contribution in [0.5, 0.6) is 0 Å². The zero-order chi connectivity index (χ0) is 18.9. The first-order chi connectivity index (χ1) is 12.3. The number of anilines is 1. The Morgan fingerprint density at radius 3 is 2.69 bits per heavy atom. The Hall–Kier alpha value is -2.56. The number of likely N-dealkylation sites (N-methyl/N-ethyl adjacent to an activating group) is 1. The van der Waals surface area contributed by atoms with Gasteiger partial charge >= 0.3 is 0 Å². The SMILES string of the molecule is Cc1cc(NC(=O)CN(C)S(=O)(=O)c2ccc(Cl)cc2)n2ncnc2n1. The minimum absolute atomic E-state index is 0.0515. The number of nitrogens with one attached hydrogen (secondary N) is 1. The first-order valence-corrected chi connectivity index (χ1v) is 9.28. The van der Waals surface area contributed by atoms with E-state index in [1.807, 2.05) is 0 Å². The maximum Gasteiger partial charge on any atom is 0.254 e. The third-order valence-corrected chi connectivity index (χ3v) is 5.61. The molecule has 26 heavy (non-hydrogen) atoms. The van der Waals surface area contributed by atoms with Crippen LogP contribution >= 0.6 is 11.6 Å². The highest BCUT2D eigenvalue weighted by Crippen LogP contribution is 2.17. The molecular formula is C15H15ClN6O3S. The molecule has 0 radical (unpaired) electrons. The highest BCUT2D eigenvalue weighted by Gasteiger charge is 2.23. The molecule has 3 aromatic rings. The van der Waals surface area contributed by atoms with Gasteiger partial charge in [-0.1, -0.05) is 11.6 Å². The van der Waals surface area contributed by atoms with Crippen molar-refractivity contribution in [1.29, 1.82) is 0 Å². The molecule has 0 aliphatic heterocycles. The Kier molecular flexibility index (Phi) is 4.90. The number of aromatic nitrogens is 4. The van der Waals surface area contributed by atoms with Crippen molar-refractivity contribution in [3.8, 4) is 0 Å². The molecule has 0 aliphatic rings. The number of nitrogens with zero attached hydrogens (tertiary/aromatic N) is 5. The van der Waals surface area contributed by atoms with Gasteiger partial charge in [-0.2, -0.15) is 18.9 Å². The van der Waals surface area contributed by atoms with Gasteiger partial charge in [-0.05, 0) is 31.2 Å². The molecule has 0 saturated carbocycles. The molecule has 1 aromatic carbocycles. The third kappa shape index (κ3) is 3.66. The lowest BCUT2D eigenvalue weighted by atomic mass is 10.4. The molecule has 2 aromatic heterocycles. The van der Waals surface area contributed by atoms with Crippen LogP contribution in [0.1, 0.15) is 5.69 Å². The second-order valence-corrected chi connectivity index (χ2v) is 8.00. The van der Waals surface area contributed by atoms with E-state index in [4.69, 9.17) is 11.6 Å². The number of benzene rings is 1. The molecule has 1 N–H and O–H groups in total. The number of hydrogen-bond donors (Lipinski definition) is 1. The quantitative estimate of drug-likeness (QED) is 0.699. The molecule has 0 atom stereocenters. The fourth-order valence-corrected chi connectivity index (χ4v) is 3.53. The van der Waals surface area contributed by atoms with Crippen LogP contribution in [0.3, 0.4) is 0 Å². The van der Waals surface area contributed by atoms with Crippen LogP contribution in [0.15, 0.2) is 41.6 Å². The van der Waals surface area contributed by atoms with E-state index >= 15 is 0 Å². The molecule has 0 unspecified atom stereocenters. The summed E-state index contributed by atoms with van der Waals surface area (Å²) in [6, 6.07) is 7.34. The molecule has 9 nitrogen and oxygen atoms in total. The van der Waals surface area contributed by atoms with Gasteiger partial charge in [0.15, 0.2) is 0 Å². The fourth-order valence-electron chi connectivity index (χ4n) is 2.28. The normalized spacial score (nSPS) is 11.8. The number of rotatable bonds is 5. The number of carbonyl (C=O) groups excluding carboxylic acids is 1. The summed E-state index contributed by atoms with van der Waals surface area (Å²) in [6.07, 6.45) is 1.31. The number of carbonyl (C=O) groups is 1. The number of halogens is 1. The molecule has 0 bridgehead atoms. The van der Waals surface area contributed by atoms with Gasteiger partial charge in [0.25, 0.3) is 5.78 Å². The molecule has 2 heterocycles. The van der Waals surface area contributed by atoms with Crippen molar-refractivity contribution in [3.63, 3.8) is 0 Å². The maximum atomic E-state index is 12.5. The van der Waals surface area contributed by atoms with Crippen LogP contribution < -0.4 is 5.32 Å². The van der Waals surface area contributed by atoms with Crippen molar-refractivity contribution < 1.29 is 13.2 Å². The van der Waals surface area contributed by atoms with E-state index in [-0.39, 0.29) is 11.4 Å². The van der Waals surface area contributed by atoms with Gasteiger partial charge in [0.1, 0.15) is 12.1 Å². The van der Waals surface area contributed by atoms with E-state index in [0.717, 1.165) is 4.31 Å². The van der Waals surface area contributed by atoms with Crippen LogP contribution in [0.2, 0.25) is 5.02 Å². The van der Waals surface area contributed by atoms with Crippen LogP contribution in [-0.2, 0) is 14.8 Å². The Balaban J connectivity index is 1.76. The Bertz CT molecular complexity index is 1060. The van der Waals surface area contributed by atoms with Gasteiger partial charge in [-0.15, -0.1) is 0 Å². The molecular weight excluding hydrogens is 380 g/mol. The van der Waals surface area contributed by atoms with Crippen molar-refractivity contribution in [2.75, 3.05) is 18.9 Å². The van der Waals surface area contributed by atoms with Gasteiger partial charge in [0.05, 0.1) is 11.4 Å². The van der Waals surface area contributed by atoms with Gasteiger partial charge in [-0.25, -0.2) is 13.4 Å². The summed E-state index contributed by atoms with van der Waals surface area (Å²) in [5, 5.41) is 7.04. The van der Waals surface area contributed by atoms with Crippen molar-refractivity contribution in [2.24, 2.45) is 0 Å². The minimum atomic E-state index is -3.82. The van der Waals surface area contributed by atoms with Crippen molar-refractivity contribution in [2.45, 2.75) is 11.8 Å². The monoisotopic (exact) mass is 394 g/mol. The average Bonchev–Trinajstić information content (AvgIpc) is 3.03. The van der Waals surface area contributed by atoms with E-state index in [1.165, 1.54) is 42.2 Å². The highest BCUT2D eigenvalue weighted by atomic mass is 35.5. The highest BCUT2D eigenvalue weighted by molar-refractivity contribution is 7.89. The van der Waals surface area contributed by atoms with Crippen molar-refractivity contribution in [1.82, 2.24) is 23.9 Å². The number of hydrogen-bond acceptors (Lipinski definition) is 6. The lowest BCUT2D eigenvalue weighted by molar-refractivity contribution is -0.116. The lowest BCUT2D eigenvalue weighted by Crippen LogP contribution is -2.35. The Labute approximate surface area is 154 Å². The predicted octanol–water partition coefficient (Wildman–Crippen LogP) is 1.35. The molecule has 0 aliphatic carbocycles. The van der Waals surface area contributed by atoms with E-state index < -0.39 is 15.9 Å². The van der Waals surface area contributed by atoms with Gasteiger partial charge in [0.2, 0.25) is 15.9 Å². The topological polar surface area (TPSA) is 110 Å². The van der Waals surface area contributed by atoms with Crippen LogP contribution in [0, 0.1) is 6.92 Å². The van der Waals surface area contributed by atoms with Crippen LogP contribution in [-0.4, -0.2) is 51.8 Å². The summed E-state index contributed by atoms with van der Waals surface area (Å²) < 4.78 is 27.4. The maximum absolute atomic E-state index is 12.5. The first kappa shape index (κ1) is 18.2. The summed E-state index contributed by atoms with van der Waals surface area (Å²) in [5.41, 5.74) is 0.642. The number of amides is 1. The summed E-state index contributed by atoms with van der Waals surface area (Å²) in [7, 11) is -2.49. The predicted molar refractivity (Wildman–Crippen MR) is 95.4 cm³/mol. The van der Waals surface area contributed by atoms with Crippen LogP contribution in [0.25, 0.3) is 5.78 Å². The Morgan fingerprint density at radius 2 is 2.00 bits per heavy atom. The zero-order valence-electron chi connectivity index (χ0n) is 13.9.